The topological polar surface area (TPSA) is 0 Å². The van der Waals surface area contributed by atoms with E-state index in [1.165, 1.54) is 31.7 Å². The number of thiophene rings is 1. The molecule has 0 amide bonds. The Hall–Kier alpha value is -1.12. The molecule has 3 rings (SSSR count). The van der Waals surface area contributed by atoms with Crippen LogP contribution in [0, 0.1) is 0 Å². The Balaban J connectivity index is 1.99. The number of hydrogen-bond acceptors (Lipinski definition) is 1. The molecule has 0 aliphatic heterocycles. The lowest BCUT2D eigenvalue weighted by Gasteiger charge is -2.12. The molecule has 0 fully saturated rings. The molecular formula is C19H19BrS. The van der Waals surface area contributed by atoms with Crippen molar-refractivity contribution in [2.24, 2.45) is 0 Å². The van der Waals surface area contributed by atoms with Crippen LogP contribution in [0.5, 0.6) is 0 Å². The highest BCUT2D eigenvalue weighted by Crippen LogP contribution is 2.38. The summed E-state index contributed by atoms with van der Waals surface area (Å²) in [5.74, 6) is 0. The van der Waals surface area contributed by atoms with Gasteiger partial charge in [-0.25, -0.2) is 0 Å². The average molecular weight is 359 g/mol. The van der Waals surface area contributed by atoms with Gasteiger partial charge in [0.1, 0.15) is 0 Å². The fraction of sp³-hybridized carbons (Fsp3) is 0.263. The first-order valence-corrected chi connectivity index (χ1v) is 9.20. The summed E-state index contributed by atoms with van der Waals surface area (Å²) in [7, 11) is 0. The van der Waals surface area contributed by atoms with Gasteiger partial charge in [-0.05, 0) is 47.1 Å². The van der Waals surface area contributed by atoms with E-state index in [1.54, 1.807) is 0 Å². The van der Waals surface area contributed by atoms with Crippen LogP contribution in [0.4, 0.5) is 0 Å². The molecule has 0 aliphatic carbocycles. The zero-order chi connectivity index (χ0) is 14.8. The second-order valence-corrected chi connectivity index (χ2v) is 7.32. The highest BCUT2D eigenvalue weighted by atomic mass is 79.9. The van der Waals surface area contributed by atoms with Gasteiger partial charge in [0.05, 0.1) is 4.83 Å². The number of aryl methyl sites for hydroxylation is 2. The van der Waals surface area contributed by atoms with E-state index in [4.69, 9.17) is 0 Å². The van der Waals surface area contributed by atoms with Crippen LogP contribution >= 0.6 is 27.3 Å². The fourth-order valence-corrected chi connectivity index (χ4v) is 4.54. The SMILES string of the molecule is CCc1ccc(C(Br)c2cc3ccccc3s2)cc1CC. The Kier molecular flexibility index (Phi) is 4.46. The van der Waals surface area contributed by atoms with Crippen LogP contribution in [0.3, 0.4) is 0 Å². The quantitative estimate of drug-likeness (QED) is 0.466. The summed E-state index contributed by atoms with van der Waals surface area (Å²) in [6.45, 7) is 4.47. The molecule has 3 aromatic rings. The van der Waals surface area contributed by atoms with Gasteiger partial charge in [-0.15, -0.1) is 11.3 Å². The van der Waals surface area contributed by atoms with Gasteiger partial charge in [0, 0.05) is 9.58 Å². The normalized spacial score (nSPS) is 12.7. The maximum absolute atomic E-state index is 3.89. The first-order chi connectivity index (χ1) is 10.2. The van der Waals surface area contributed by atoms with Gasteiger partial charge in [-0.2, -0.15) is 0 Å². The Morgan fingerprint density at radius 3 is 2.43 bits per heavy atom. The molecule has 0 aliphatic rings. The monoisotopic (exact) mass is 358 g/mol. The van der Waals surface area contributed by atoms with Crippen molar-refractivity contribution in [3.8, 4) is 0 Å². The van der Waals surface area contributed by atoms with Crippen molar-refractivity contribution >= 4 is 37.4 Å². The fourth-order valence-electron chi connectivity index (χ4n) is 2.77. The Morgan fingerprint density at radius 2 is 1.71 bits per heavy atom. The number of halogens is 1. The highest BCUT2D eigenvalue weighted by Gasteiger charge is 2.14. The second-order valence-electron chi connectivity index (χ2n) is 5.28. The van der Waals surface area contributed by atoms with Crippen molar-refractivity contribution < 1.29 is 0 Å². The Morgan fingerprint density at radius 1 is 0.952 bits per heavy atom. The molecule has 2 aromatic carbocycles. The summed E-state index contributed by atoms with van der Waals surface area (Å²) in [5.41, 5.74) is 4.30. The molecule has 108 valence electrons. The summed E-state index contributed by atoms with van der Waals surface area (Å²) in [4.78, 5) is 1.66. The van der Waals surface area contributed by atoms with Gasteiger partial charge in [-0.3, -0.25) is 0 Å². The summed E-state index contributed by atoms with van der Waals surface area (Å²) in [5, 5.41) is 1.34. The average Bonchev–Trinajstić information content (AvgIpc) is 2.97. The van der Waals surface area contributed by atoms with Gasteiger partial charge in [0.15, 0.2) is 0 Å². The molecule has 1 unspecified atom stereocenters. The molecule has 0 bridgehead atoms. The molecule has 1 aromatic heterocycles. The minimum absolute atomic E-state index is 0.283. The molecule has 0 saturated carbocycles. The van der Waals surface area contributed by atoms with E-state index in [-0.39, 0.29) is 4.83 Å². The lowest BCUT2D eigenvalue weighted by Crippen LogP contribution is -1.96. The van der Waals surface area contributed by atoms with Crippen LogP contribution in [0.25, 0.3) is 10.1 Å². The van der Waals surface area contributed by atoms with Crippen molar-refractivity contribution in [1.82, 2.24) is 0 Å². The number of hydrogen-bond donors (Lipinski definition) is 0. The summed E-state index contributed by atoms with van der Waals surface area (Å²) in [6, 6.07) is 17.8. The molecule has 0 N–H and O–H groups in total. The maximum Gasteiger partial charge on any atom is 0.0738 e. The number of fused-ring (bicyclic) bond motifs is 1. The second kappa shape index (κ2) is 6.33. The Labute approximate surface area is 139 Å². The third-order valence-corrected chi connectivity index (χ3v) is 6.49. The van der Waals surface area contributed by atoms with Crippen molar-refractivity contribution in [3.05, 3.63) is 70.1 Å². The van der Waals surface area contributed by atoms with E-state index < -0.39 is 0 Å². The van der Waals surface area contributed by atoms with Crippen LogP contribution < -0.4 is 0 Å². The van der Waals surface area contributed by atoms with Gasteiger partial charge < -0.3 is 0 Å². The van der Waals surface area contributed by atoms with E-state index in [2.05, 4.69) is 78.3 Å². The van der Waals surface area contributed by atoms with E-state index >= 15 is 0 Å². The van der Waals surface area contributed by atoms with E-state index in [0.29, 0.717) is 0 Å². The molecule has 0 spiro atoms. The standard InChI is InChI=1S/C19H19BrS/c1-3-13-9-10-16(11-14(13)4-2)19(20)18-12-15-7-5-6-8-17(15)21-18/h5-12,19H,3-4H2,1-2H3. The zero-order valence-corrected chi connectivity index (χ0v) is 14.8. The van der Waals surface area contributed by atoms with Crippen LogP contribution in [-0.2, 0) is 12.8 Å². The van der Waals surface area contributed by atoms with Crippen molar-refractivity contribution in [3.63, 3.8) is 0 Å². The molecule has 1 atom stereocenters. The smallest absolute Gasteiger partial charge is 0.0738 e. The van der Waals surface area contributed by atoms with Crippen LogP contribution in [0.1, 0.15) is 40.2 Å². The highest BCUT2D eigenvalue weighted by molar-refractivity contribution is 9.09. The zero-order valence-electron chi connectivity index (χ0n) is 12.4. The van der Waals surface area contributed by atoms with Gasteiger partial charge in [0.2, 0.25) is 0 Å². The van der Waals surface area contributed by atoms with Crippen molar-refractivity contribution in [1.29, 1.82) is 0 Å². The van der Waals surface area contributed by atoms with Crippen molar-refractivity contribution in [2.75, 3.05) is 0 Å². The lowest BCUT2D eigenvalue weighted by molar-refractivity contribution is 1.02. The predicted octanol–water partition coefficient (Wildman–Crippen LogP) is 6.51. The summed E-state index contributed by atoms with van der Waals surface area (Å²) in [6.07, 6.45) is 2.21. The minimum atomic E-state index is 0.283. The van der Waals surface area contributed by atoms with Gasteiger partial charge >= 0.3 is 0 Å². The van der Waals surface area contributed by atoms with E-state index in [9.17, 15) is 0 Å². The lowest BCUT2D eigenvalue weighted by atomic mass is 9.98. The van der Waals surface area contributed by atoms with E-state index in [0.717, 1.165) is 12.8 Å². The Bertz CT molecular complexity index is 724. The van der Waals surface area contributed by atoms with E-state index in [1.807, 2.05) is 11.3 Å². The summed E-state index contributed by atoms with van der Waals surface area (Å²) < 4.78 is 1.36. The first kappa shape index (κ1) is 14.8. The van der Waals surface area contributed by atoms with Crippen LogP contribution in [0.2, 0.25) is 0 Å². The predicted molar refractivity (Wildman–Crippen MR) is 97.8 cm³/mol. The van der Waals surface area contributed by atoms with Gasteiger partial charge in [-0.1, -0.05) is 66.2 Å². The molecule has 2 heteroatoms. The number of rotatable bonds is 4. The third kappa shape index (κ3) is 2.93. The molecule has 0 nitrogen and oxygen atoms in total. The summed E-state index contributed by atoms with van der Waals surface area (Å²) >= 11 is 5.77. The minimum Gasteiger partial charge on any atom is -0.139 e. The molecule has 1 heterocycles. The number of benzene rings is 2. The first-order valence-electron chi connectivity index (χ1n) is 7.47. The van der Waals surface area contributed by atoms with Crippen LogP contribution in [-0.4, -0.2) is 0 Å². The van der Waals surface area contributed by atoms with Crippen LogP contribution in [0.15, 0.2) is 48.5 Å². The third-order valence-electron chi connectivity index (χ3n) is 3.98. The molecule has 0 saturated heterocycles. The number of alkyl halides is 1. The van der Waals surface area contributed by atoms with Gasteiger partial charge in [0.25, 0.3) is 0 Å². The van der Waals surface area contributed by atoms with Crippen molar-refractivity contribution in [2.45, 2.75) is 31.5 Å². The largest absolute Gasteiger partial charge is 0.139 e. The molecule has 0 radical (unpaired) electrons. The molecular weight excluding hydrogens is 340 g/mol. The molecule has 21 heavy (non-hydrogen) atoms. The maximum atomic E-state index is 3.89.